The van der Waals surface area contributed by atoms with Gasteiger partial charge in [-0.2, -0.15) is 0 Å². The van der Waals surface area contributed by atoms with Crippen LogP contribution in [0.2, 0.25) is 5.02 Å². The van der Waals surface area contributed by atoms with Crippen LogP contribution in [0.5, 0.6) is 0 Å². The lowest BCUT2D eigenvalue weighted by Crippen LogP contribution is -2.32. The molecule has 0 radical (unpaired) electrons. The minimum Gasteiger partial charge on any atom is -0.309 e. The molecule has 1 heterocycles. The molecule has 0 aliphatic carbocycles. The zero-order chi connectivity index (χ0) is 21.0. The Morgan fingerprint density at radius 3 is 2.66 bits per heavy atom. The highest BCUT2D eigenvalue weighted by Crippen LogP contribution is 2.32. The summed E-state index contributed by atoms with van der Waals surface area (Å²) in [6.45, 7) is 5.67. The zero-order valence-electron chi connectivity index (χ0n) is 17.3. The average molecular weight is 428 g/mol. The first-order chi connectivity index (χ1) is 13.8. The Balaban J connectivity index is 1.90. The maximum atomic E-state index is 13.1. The van der Waals surface area contributed by atoms with E-state index in [1.165, 1.54) is 11.1 Å². The van der Waals surface area contributed by atoms with Crippen LogP contribution < -0.4 is 4.90 Å². The predicted octanol–water partition coefficient (Wildman–Crippen LogP) is 5.56. The summed E-state index contributed by atoms with van der Waals surface area (Å²) in [6, 6.07) is 11.7. The fourth-order valence-electron chi connectivity index (χ4n) is 3.19. The van der Waals surface area contributed by atoms with E-state index in [0.29, 0.717) is 11.6 Å². The molecule has 3 rings (SSSR count). The Labute approximate surface area is 181 Å². The van der Waals surface area contributed by atoms with Crippen LogP contribution in [0, 0.1) is 13.8 Å². The Morgan fingerprint density at radius 2 is 1.93 bits per heavy atom. The molecule has 0 aliphatic heterocycles. The van der Waals surface area contributed by atoms with Gasteiger partial charge in [0.1, 0.15) is 0 Å². The van der Waals surface area contributed by atoms with Crippen molar-refractivity contribution < 1.29 is 4.79 Å². The highest BCUT2D eigenvalue weighted by molar-refractivity contribution is 7.22. The number of halogens is 1. The van der Waals surface area contributed by atoms with Gasteiger partial charge in [0.05, 0.1) is 10.2 Å². The normalized spacial score (nSPS) is 11.7. The number of carbonyl (C=O) groups is 1. The molecule has 1 aromatic heterocycles. The zero-order valence-corrected chi connectivity index (χ0v) is 18.8. The van der Waals surface area contributed by atoms with Crippen LogP contribution in [0.4, 0.5) is 5.13 Å². The van der Waals surface area contributed by atoms with E-state index in [9.17, 15) is 4.79 Å². The minimum absolute atomic E-state index is 0.0860. The number of hydrogen-bond donors (Lipinski definition) is 0. The van der Waals surface area contributed by atoms with Gasteiger partial charge in [-0.25, -0.2) is 4.98 Å². The Morgan fingerprint density at radius 1 is 1.17 bits per heavy atom. The van der Waals surface area contributed by atoms with Gasteiger partial charge in [0.25, 0.3) is 5.91 Å². The fraction of sp³-hybridized carbons (Fsp3) is 0.304. The van der Waals surface area contributed by atoms with Crippen molar-refractivity contribution in [3.8, 4) is 0 Å². The number of hydrogen-bond acceptors (Lipinski definition) is 4. The average Bonchev–Trinajstić information content (AvgIpc) is 3.08. The van der Waals surface area contributed by atoms with Crippen LogP contribution in [-0.4, -0.2) is 43.0 Å². The van der Waals surface area contributed by atoms with Crippen LogP contribution in [0.1, 0.15) is 23.1 Å². The van der Waals surface area contributed by atoms with Crippen molar-refractivity contribution in [2.45, 2.75) is 20.3 Å². The Kier molecular flexibility index (Phi) is 7.06. The van der Waals surface area contributed by atoms with E-state index in [2.05, 4.69) is 30.9 Å². The lowest BCUT2D eigenvalue weighted by atomic mass is 10.1. The first-order valence-electron chi connectivity index (χ1n) is 9.62. The third-order valence-electron chi connectivity index (χ3n) is 4.60. The topological polar surface area (TPSA) is 36.4 Å². The largest absolute Gasteiger partial charge is 0.309 e. The number of fused-ring (bicyclic) bond motifs is 1. The van der Waals surface area contributed by atoms with Crippen LogP contribution in [-0.2, 0) is 4.79 Å². The van der Waals surface area contributed by atoms with Gasteiger partial charge in [0, 0.05) is 17.6 Å². The van der Waals surface area contributed by atoms with Crippen molar-refractivity contribution in [1.29, 1.82) is 0 Å². The summed E-state index contributed by atoms with van der Waals surface area (Å²) in [4.78, 5) is 21.8. The molecule has 1 amide bonds. The predicted molar refractivity (Wildman–Crippen MR) is 125 cm³/mol. The van der Waals surface area contributed by atoms with Gasteiger partial charge < -0.3 is 4.90 Å². The first kappa shape index (κ1) is 21.5. The van der Waals surface area contributed by atoms with E-state index in [1.807, 2.05) is 38.4 Å². The number of aromatic nitrogens is 1. The fourth-order valence-corrected chi connectivity index (χ4v) is 4.43. The number of aryl methyl sites for hydroxylation is 2. The minimum atomic E-state index is -0.0860. The third kappa shape index (κ3) is 5.44. The second kappa shape index (κ2) is 9.53. The van der Waals surface area contributed by atoms with Crippen LogP contribution in [0.3, 0.4) is 0 Å². The van der Waals surface area contributed by atoms with E-state index in [1.54, 1.807) is 28.4 Å². The summed E-state index contributed by atoms with van der Waals surface area (Å²) in [7, 11) is 4.07. The molecule has 0 N–H and O–H groups in total. The maximum absolute atomic E-state index is 13.1. The summed E-state index contributed by atoms with van der Waals surface area (Å²) in [5.41, 5.74) is 4.14. The Hall–Kier alpha value is -2.21. The van der Waals surface area contributed by atoms with Gasteiger partial charge in [-0.3, -0.25) is 9.69 Å². The molecule has 0 saturated heterocycles. The van der Waals surface area contributed by atoms with Crippen molar-refractivity contribution in [3.63, 3.8) is 0 Å². The van der Waals surface area contributed by atoms with Crippen molar-refractivity contribution in [1.82, 2.24) is 9.88 Å². The van der Waals surface area contributed by atoms with Crippen LogP contribution in [0.25, 0.3) is 16.3 Å². The Bertz CT molecular complexity index is 1040. The lowest BCUT2D eigenvalue weighted by molar-refractivity contribution is -0.114. The molecule has 0 atom stereocenters. The molecule has 3 aromatic rings. The number of thiazole rings is 1. The van der Waals surface area contributed by atoms with Crippen LogP contribution >= 0.6 is 22.9 Å². The van der Waals surface area contributed by atoms with Gasteiger partial charge in [-0.1, -0.05) is 47.2 Å². The number of rotatable bonds is 7. The molecular weight excluding hydrogens is 402 g/mol. The number of carbonyl (C=O) groups excluding carboxylic acids is 1. The SMILES string of the molecule is Cc1cc(C)c2sc(N(CCCN(C)C)C(=O)/C=C/c3ccccc3Cl)nc2c1. The van der Waals surface area contributed by atoms with Gasteiger partial charge in [-0.15, -0.1) is 0 Å². The molecule has 0 aliphatic rings. The van der Waals surface area contributed by atoms with E-state index in [0.717, 1.165) is 33.9 Å². The molecule has 2 aromatic carbocycles. The second-order valence-corrected chi connectivity index (χ2v) is 8.81. The highest BCUT2D eigenvalue weighted by atomic mass is 35.5. The molecular formula is C23H26ClN3OS. The first-order valence-corrected chi connectivity index (χ1v) is 10.8. The summed E-state index contributed by atoms with van der Waals surface area (Å²) in [5, 5.41) is 1.36. The summed E-state index contributed by atoms with van der Waals surface area (Å²) in [5.74, 6) is -0.0860. The third-order valence-corrected chi connectivity index (χ3v) is 6.18. The lowest BCUT2D eigenvalue weighted by Gasteiger charge is -2.19. The number of anilines is 1. The molecule has 0 bridgehead atoms. The summed E-state index contributed by atoms with van der Waals surface area (Å²) in [6.07, 6.45) is 4.22. The van der Waals surface area contributed by atoms with Crippen LogP contribution in [0.15, 0.2) is 42.5 Å². The van der Waals surface area contributed by atoms with Crippen molar-refractivity contribution >= 4 is 50.3 Å². The monoisotopic (exact) mass is 427 g/mol. The molecule has 4 nitrogen and oxygen atoms in total. The van der Waals surface area contributed by atoms with E-state index in [4.69, 9.17) is 16.6 Å². The van der Waals surface area contributed by atoms with Crippen molar-refractivity contribution in [2.24, 2.45) is 0 Å². The summed E-state index contributed by atoms with van der Waals surface area (Å²) < 4.78 is 1.13. The van der Waals surface area contributed by atoms with E-state index >= 15 is 0 Å². The van der Waals surface area contributed by atoms with Gasteiger partial charge >= 0.3 is 0 Å². The number of nitrogens with zero attached hydrogens (tertiary/aromatic N) is 3. The molecule has 29 heavy (non-hydrogen) atoms. The number of amides is 1. The maximum Gasteiger partial charge on any atom is 0.252 e. The van der Waals surface area contributed by atoms with Crippen molar-refractivity contribution in [3.05, 3.63) is 64.2 Å². The molecule has 152 valence electrons. The summed E-state index contributed by atoms with van der Waals surface area (Å²) >= 11 is 7.79. The van der Waals surface area contributed by atoms with Gasteiger partial charge in [0.2, 0.25) is 0 Å². The van der Waals surface area contributed by atoms with Gasteiger partial charge in [0.15, 0.2) is 5.13 Å². The van der Waals surface area contributed by atoms with Gasteiger partial charge in [-0.05, 0) is 75.8 Å². The standard InChI is InChI=1S/C23H26ClN3OS/c1-16-14-17(2)22-20(15-16)25-23(29-22)27(13-7-12-26(3)4)21(28)11-10-18-8-5-6-9-19(18)24/h5-6,8-11,14-15H,7,12-13H2,1-4H3/b11-10+. The molecule has 6 heteroatoms. The van der Waals surface area contributed by atoms with E-state index in [-0.39, 0.29) is 5.91 Å². The highest BCUT2D eigenvalue weighted by Gasteiger charge is 2.18. The van der Waals surface area contributed by atoms with E-state index < -0.39 is 0 Å². The molecule has 0 fully saturated rings. The van der Waals surface area contributed by atoms with Crippen molar-refractivity contribution in [2.75, 3.05) is 32.1 Å². The second-order valence-electron chi connectivity index (χ2n) is 7.43. The smallest absolute Gasteiger partial charge is 0.252 e. The molecule has 0 saturated carbocycles. The quantitative estimate of drug-likeness (QED) is 0.463. The number of benzene rings is 2. The molecule has 0 unspecified atom stereocenters. The molecule has 0 spiro atoms.